The Kier molecular flexibility index (Phi) is 3.59. The van der Waals surface area contributed by atoms with Crippen molar-refractivity contribution < 1.29 is 0 Å². The number of aromatic nitrogens is 2. The van der Waals surface area contributed by atoms with Crippen LogP contribution >= 0.6 is 11.6 Å². The predicted molar refractivity (Wildman–Crippen MR) is 73.6 cm³/mol. The van der Waals surface area contributed by atoms with Crippen LogP contribution in [0.4, 0.5) is 0 Å². The molecule has 0 atom stereocenters. The zero-order valence-corrected chi connectivity index (χ0v) is 11.4. The zero-order valence-electron chi connectivity index (χ0n) is 10.7. The second-order valence-electron chi connectivity index (χ2n) is 4.30. The number of aryl methyl sites for hydroxylation is 1. The summed E-state index contributed by atoms with van der Waals surface area (Å²) in [5.74, 6) is 0. The Morgan fingerprint density at radius 2 is 2.11 bits per heavy atom. The summed E-state index contributed by atoms with van der Waals surface area (Å²) in [6.45, 7) is 4.41. The number of aromatic amines is 1. The quantitative estimate of drug-likeness (QED) is 0.894. The minimum atomic E-state index is -0.0708. The summed E-state index contributed by atoms with van der Waals surface area (Å²) >= 11 is 6.11. The Hall–Kier alpha value is -1.52. The van der Waals surface area contributed by atoms with Crippen molar-refractivity contribution in [3.63, 3.8) is 0 Å². The molecule has 18 heavy (non-hydrogen) atoms. The molecule has 0 fully saturated rings. The molecule has 4 nitrogen and oxygen atoms in total. The van der Waals surface area contributed by atoms with E-state index in [1.54, 1.807) is 4.68 Å². The minimum absolute atomic E-state index is 0.0708. The average Bonchev–Trinajstić information content (AvgIpc) is 2.61. The average molecular weight is 266 g/mol. The summed E-state index contributed by atoms with van der Waals surface area (Å²) in [4.78, 5) is 11.8. The van der Waals surface area contributed by atoms with Gasteiger partial charge in [-0.2, -0.15) is 0 Å². The van der Waals surface area contributed by atoms with Crippen molar-refractivity contribution in [1.82, 2.24) is 15.1 Å². The fourth-order valence-electron chi connectivity index (χ4n) is 1.92. The Morgan fingerprint density at radius 1 is 1.39 bits per heavy atom. The number of hydrogen-bond acceptors (Lipinski definition) is 2. The summed E-state index contributed by atoms with van der Waals surface area (Å²) in [7, 11) is 1.82. The second-order valence-corrected chi connectivity index (χ2v) is 4.71. The summed E-state index contributed by atoms with van der Waals surface area (Å²) < 4.78 is 1.76. The lowest BCUT2D eigenvalue weighted by Gasteiger charge is -2.08. The maximum atomic E-state index is 11.8. The smallest absolute Gasteiger partial charge is 0.269 e. The molecule has 2 rings (SSSR count). The van der Waals surface area contributed by atoms with E-state index in [0.717, 1.165) is 22.5 Å². The van der Waals surface area contributed by atoms with Crippen LogP contribution in [-0.4, -0.2) is 16.8 Å². The van der Waals surface area contributed by atoms with Crippen LogP contribution < -0.4 is 10.9 Å². The van der Waals surface area contributed by atoms with Crippen molar-refractivity contribution in [2.24, 2.45) is 0 Å². The molecule has 0 bridgehead atoms. The second kappa shape index (κ2) is 5.00. The van der Waals surface area contributed by atoms with Crippen molar-refractivity contribution in [2.45, 2.75) is 20.4 Å². The van der Waals surface area contributed by atoms with Gasteiger partial charge in [0.25, 0.3) is 5.56 Å². The van der Waals surface area contributed by atoms with E-state index >= 15 is 0 Å². The molecular formula is C13H16ClN3O. The first kappa shape index (κ1) is 12.9. The summed E-state index contributed by atoms with van der Waals surface area (Å²) in [5.41, 5.74) is 3.45. The van der Waals surface area contributed by atoms with Crippen molar-refractivity contribution in [3.05, 3.63) is 50.4 Å². The van der Waals surface area contributed by atoms with Crippen LogP contribution in [0.25, 0.3) is 5.69 Å². The molecule has 96 valence electrons. The Bertz CT molecular complexity index is 628. The van der Waals surface area contributed by atoms with E-state index in [4.69, 9.17) is 11.6 Å². The summed E-state index contributed by atoms with van der Waals surface area (Å²) in [6, 6.07) is 5.73. The third-order valence-electron chi connectivity index (χ3n) is 3.03. The largest absolute Gasteiger partial charge is 0.315 e. The molecular weight excluding hydrogens is 250 g/mol. The number of halogens is 1. The molecule has 0 aliphatic heterocycles. The van der Waals surface area contributed by atoms with Gasteiger partial charge >= 0.3 is 0 Å². The number of rotatable bonds is 3. The first-order chi connectivity index (χ1) is 8.54. The lowest BCUT2D eigenvalue weighted by atomic mass is 10.2. The van der Waals surface area contributed by atoms with Gasteiger partial charge in [0.05, 0.1) is 11.3 Å². The van der Waals surface area contributed by atoms with Crippen LogP contribution in [0.1, 0.15) is 16.8 Å². The number of hydrogen-bond donors (Lipinski definition) is 2. The van der Waals surface area contributed by atoms with Gasteiger partial charge in [0, 0.05) is 17.3 Å². The Balaban J connectivity index is 2.54. The maximum Gasteiger partial charge on any atom is 0.269 e. The van der Waals surface area contributed by atoms with Gasteiger partial charge in [0.1, 0.15) is 0 Å². The lowest BCUT2D eigenvalue weighted by molar-refractivity contribution is 0.801. The number of nitrogens with one attached hydrogen (secondary N) is 2. The van der Waals surface area contributed by atoms with Gasteiger partial charge in [0.15, 0.2) is 0 Å². The normalized spacial score (nSPS) is 10.9. The summed E-state index contributed by atoms with van der Waals surface area (Å²) in [5, 5.41) is 6.51. The molecule has 0 aliphatic rings. The number of nitrogens with zero attached hydrogens (tertiary/aromatic N) is 1. The zero-order chi connectivity index (χ0) is 13.3. The SMILES string of the molecule is CNCc1c(C)n(-c2ccc(C)c(Cl)c2)[nH]c1=O. The van der Waals surface area contributed by atoms with Crippen molar-refractivity contribution >= 4 is 11.6 Å². The molecule has 5 heteroatoms. The highest BCUT2D eigenvalue weighted by molar-refractivity contribution is 6.31. The van der Waals surface area contributed by atoms with E-state index in [1.807, 2.05) is 39.1 Å². The Morgan fingerprint density at radius 3 is 2.72 bits per heavy atom. The van der Waals surface area contributed by atoms with Crippen LogP contribution in [-0.2, 0) is 6.54 Å². The standard InChI is InChI=1S/C13H16ClN3O/c1-8-4-5-10(6-12(8)14)17-9(2)11(7-15-3)13(18)16-17/h4-6,15H,7H2,1-3H3,(H,16,18). The van der Waals surface area contributed by atoms with Crippen LogP contribution in [0, 0.1) is 13.8 Å². The molecule has 1 aromatic carbocycles. The fraction of sp³-hybridized carbons (Fsp3) is 0.308. The van der Waals surface area contributed by atoms with E-state index in [0.29, 0.717) is 11.6 Å². The molecule has 0 unspecified atom stereocenters. The predicted octanol–water partition coefficient (Wildman–Crippen LogP) is 2.16. The van der Waals surface area contributed by atoms with Gasteiger partial charge < -0.3 is 5.32 Å². The van der Waals surface area contributed by atoms with Gasteiger partial charge in [-0.1, -0.05) is 17.7 Å². The molecule has 2 N–H and O–H groups in total. The first-order valence-electron chi connectivity index (χ1n) is 5.76. The molecule has 1 heterocycles. The van der Waals surface area contributed by atoms with Gasteiger partial charge in [0.2, 0.25) is 0 Å². The number of benzene rings is 1. The molecule has 0 amide bonds. The van der Waals surface area contributed by atoms with E-state index < -0.39 is 0 Å². The highest BCUT2D eigenvalue weighted by Crippen LogP contribution is 2.20. The van der Waals surface area contributed by atoms with E-state index in [-0.39, 0.29) is 5.56 Å². The van der Waals surface area contributed by atoms with Gasteiger partial charge in [-0.3, -0.25) is 14.6 Å². The molecule has 0 aliphatic carbocycles. The third-order valence-corrected chi connectivity index (χ3v) is 3.43. The van der Waals surface area contributed by atoms with Crippen LogP contribution in [0.3, 0.4) is 0 Å². The van der Waals surface area contributed by atoms with E-state index in [9.17, 15) is 4.79 Å². The van der Waals surface area contributed by atoms with Crippen molar-refractivity contribution in [3.8, 4) is 5.69 Å². The fourth-order valence-corrected chi connectivity index (χ4v) is 2.09. The molecule has 0 radical (unpaired) electrons. The molecule has 1 aromatic heterocycles. The lowest BCUT2D eigenvalue weighted by Crippen LogP contribution is -2.14. The maximum absolute atomic E-state index is 11.8. The highest BCUT2D eigenvalue weighted by atomic mass is 35.5. The minimum Gasteiger partial charge on any atom is -0.315 e. The molecule has 0 saturated carbocycles. The molecule has 0 spiro atoms. The molecule has 0 saturated heterocycles. The highest BCUT2D eigenvalue weighted by Gasteiger charge is 2.11. The topological polar surface area (TPSA) is 49.8 Å². The third kappa shape index (κ3) is 2.21. The van der Waals surface area contributed by atoms with Crippen LogP contribution in [0.2, 0.25) is 5.02 Å². The van der Waals surface area contributed by atoms with E-state index in [2.05, 4.69) is 10.4 Å². The van der Waals surface area contributed by atoms with Crippen molar-refractivity contribution in [2.75, 3.05) is 7.05 Å². The first-order valence-corrected chi connectivity index (χ1v) is 6.14. The summed E-state index contributed by atoms with van der Waals surface area (Å²) in [6.07, 6.45) is 0. The van der Waals surface area contributed by atoms with E-state index in [1.165, 1.54) is 0 Å². The van der Waals surface area contributed by atoms with Gasteiger partial charge in [-0.15, -0.1) is 0 Å². The number of H-pyrrole nitrogens is 1. The molecule has 2 aromatic rings. The monoisotopic (exact) mass is 265 g/mol. The van der Waals surface area contributed by atoms with Gasteiger partial charge in [-0.25, -0.2) is 0 Å². The van der Waals surface area contributed by atoms with Crippen LogP contribution in [0.15, 0.2) is 23.0 Å². The van der Waals surface area contributed by atoms with Gasteiger partial charge in [-0.05, 0) is 38.6 Å². The van der Waals surface area contributed by atoms with Crippen LogP contribution in [0.5, 0.6) is 0 Å². The van der Waals surface area contributed by atoms with Crippen molar-refractivity contribution in [1.29, 1.82) is 0 Å². The Labute approximate surface area is 111 Å².